The first kappa shape index (κ1) is 14.5. The van der Waals surface area contributed by atoms with Crippen molar-refractivity contribution in [1.29, 1.82) is 0 Å². The molecule has 2 fully saturated rings. The van der Waals surface area contributed by atoms with Crippen LogP contribution in [0.1, 0.15) is 27.5 Å². The van der Waals surface area contributed by atoms with Crippen LogP contribution in [-0.4, -0.2) is 46.7 Å². The number of rotatable bonds is 2. The van der Waals surface area contributed by atoms with Gasteiger partial charge in [0.15, 0.2) is 5.82 Å². The summed E-state index contributed by atoms with van der Waals surface area (Å²) in [5, 5.41) is 7.49. The Balaban J connectivity index is 1.63. The Morgan fingerprint density at radius 2 is 1.91 bits per heavy atom. The summed E-state index contributed by atoms with van der Waals surface area (Å²) in [4.78, 5) is 15.0. The largest absolute Gasteiger partial charge is 0.360 e. The third-order valence-corrected chi connectivity index (χ3v) is 5.18. The predicted octanol–water partition coefficient (Wildman–Crippen LogP) is 1.68. The van der Waals surface area contributed by atoms with Gasteiger partial charge >= 0.3 is 0 Å². The van der Waals surface area contributed by atoms with E-state index in [1.165, 1.54) is 0 Å². The number of aryl methyl sites for hydroxylation is 2. The number of fused-ring (bicyclic) bond motifs is 1. The zero-order valence-corrected chi connectivity index (χ0v) is 13.8. The number of aromatic nitrogens is 2. The average Bonchev–Trinajstić information content (AvgIpc) is 3.22. The summed E-state index contributed by atoms with van der Waals surface area (Å²) in [6.07, 6.45) is 0. The summed E-state index contributed by atoms with van der Waals surface area (Å²) < 4.78 is 7.16. The number of likely N-dealkylation sites (tertiary alicyclic amines) is 1. The predicted molar refractivity (Wildman–Crippen MR) is 85.8 cm³/mol. The lowest BCUT2D eigenvalue weighted by Crippen LogP contribution is -2.32. The van der Waals surface area contributed by atoms with Crippen molar-refractivity contribution < 1.29 is 9.32 Å². The molecule has 6 heteroatoms. The first-order valence-electron chi connectivity index (χ1n) is 8.17. The quantitative estimate of drug-likeness (QED) is 0.916. The summed E-state index contributed by atoms with van der Waals surface area (Å²) in [7, 11) is 0. The molecule has 1 N–H and O–H groups in total. The van der Waals surface area contributed by atoms with E-state index in [-0.39, 0.29) is 5.91 Å². The second kappa shape index (κ2) is 5.23. The van der Waals surface area contributed by atoms with Crippen molar-refractivity contribution in [2.45, 2.75) is 20.8 Å². The van der Waals surface area contributed by atoms with Gasteiger partial charge in [0, 0.05) is 43.6 Å². The minimum absolute atomic E-state index is 0.138. The van der Waals surface area contributed by atoms with Gasteiger partial charge < -0.3 is 14.7 Å². The normalized spacial score (nSPS) is 23.5. The van der Waals surface area contributed by atoms with Gasteiger partial charge in [0.25, 0.3) is 5.91 Å². The molecule has 0 unspecified atom stereocenters. The van der Waals surface area contributed by atoms with E-state index in [1.54, 1.807) is 0 Å². The fourth-order valence-corrected chi connectivity index (χ4v) is 3.98. The summed E-state index contributed by atoms with van der Waals surface area (Å²) in [5.41, 5.74) is 2.70. The summed E-state index contributed by atoms with van der Waals surface area (Å²) in [6.45, 7) is 9.64. The molecule has 2 aliphatic heterocycles. The van der Waals surface area contributed by atoms with Crippen molar-refractivity contribution in [2.24, 2.45) is 11.8 Å². The van der Waals surface area contributed by atoms with Gasteiger partial charge in [0.2, 0.25) is 0 Å². The average molecular weight is 314 g/mol. The summed E-state index contributed by atoms with van der Waals surface area (Å²) in [6, 6.07) is 3.86. The van der Waals surface area contributed by atoms with E-state index in [0.717, 1.165) is 54.7 Å². The van der Waals surface area contributed by atoms with E-state index in [4.69, 9.17) is 4.52 Å². The Hall–Kier alpha value is -2.08. The highest BCUT2D eigenvalue weighted by atomic mass is 16.5. The molecule has 2 atom stereocenters. The minimum Gasteiger partial charge on any atom is -0.360 e. The number of nitrogens with zero attached hydrogens (tertiary/aromatic N) is 3. The Bertz CT molecular complexity index is 749. The Kier molecular flexibility index (Phi) is 3.30. The zero-order chi connectivity index (χ0) is 16.1. The third-order valence-electron chi connectivity index (χ3n) is 5.18. The molecule has 0 bridgehead atoms. The van der Waals surface area contributed by atoms with Gasteiger partial charge in [-0.2, -0.15) is 0 Å². The van der Waals surface area contributed by atoms with Crippen LogP contribution in [0.5, 0.6) is 0 Å². The van der Waals surface area contributed by atoms with Crippen molar-refractivity contribution >= 4 is 5.91 Å². The van der Waals surface area contributed by atoms with Crippen LogP contribution in [-0.2, 0) is 0 Å². The van der Waals surface area contributed by atoms with Crippen molar-refractivity contribution in [1.82, 2.24) is 19.9 Å². The van der Waals surface area contributed by atoms with E-state index < -0.39 is 0 Å². The molecule has 2 saturated heterocycles. The number of hydrogen-bond acceptors (Lipinski definition) is 4. The highest BCUT2D eigenvalue weighted by Crippen LogP contribution is 2.29. The van der Waals surface area contributed by atoms with Crippen LogP contribution < -0.4 is 5.32 Å². The van der Waals surface area contributed by atoms with Gasteiger partial charge in [0.05, 0.1) is 5.56 Å². The maximum Gasteiger partial charge on any atom is 0.255 e. The lowest BCUT2D eigenvalue weighted by atomic mass is 10.0. The van der Waals surface area contributed by atoms with Crippen molar-refractivity contribution in [3.05, 3.63) is 34.8 Å². The second-order valence-electron chi connectivity index (χ2n) is 6.80. The van der Waals surface area contributed by atoms with Gasteiger partial charge in [-0.1, -0.05) is 5.16 Å². The maximum atomic E-state index is 12.9. The van der Waals surface area contributed by atoms with Crippen LogP contribution in [0.25, 0.3) is 5.82 Å². The van der Waals surface area contributed by atoms with Crippen LogP contribution in [0.3, 0.4) is 0 Å². The molecule has 2 aromatic heterocycles. The maximum absolute atomic E-state index is 12.9. The summed E-state index contributed by atoms with van der Waals surface area (Å²) >= 11 is 0. The van der Waals surface area contributed by atoms with Crippen LogP contribution in [0.4, 0.5) is 0 Å². The van der Waals surface area contributed by atoms with Gasteiger partial charge in [-0.15, -0.1) is 0 Å². The molecule has 0 radical (unpaired) electrons. The van der Waals surface area contributed by atoms with Crippen molar-refractivity contribution in [2.75, 3.05) is 26.2 Å². The standard InChI is InChI=1S/C17H22N4O2/c1-10-4-15(12(3)21(10)16-5-11(2)23-19-16)17(22)20-8-13-6-18-7-14(13)9-20/h4-5,13-14,18H,6-9H2,1-3H3/t13-,14+. The Morgan fingerprint density at radius 1 is 1.22 bits per heavy atom. The molecular formula is C17H22N4O2. The third kappa shape index (κ3) is 2.28. The molecule has 2 aliphatic rings. The highest BCUT2D eigenvalue weighted by Gasteiger charge is 2.38. The minimum atomic E-state index is 0.138. The molecule has 4 rings (SSSR count). The molecule has 23 heavy (non-hydrogen) atoms. The number of carbonyl (C=O) groups excluding carboxylic acids is 1. The van der Waals surface area contributed by atoms with E-state index in [0.29, 0.717) is 11.8 Å². The van der Waals surface area contributed by atoms with Gasteiger partial charge in [-0.05, 0) is 38.7 Å². The lowest BCUT2D eigenvalue weighted by Gasteiger charge is -2.17. The van der Waals surface area contributed by atoms with Crippen LogP contribution in [0.15, 0.2) is 16.7 Å². The van der Waals surface area contributed by atoms with E-state index >= 15 is 0 Å². The topological polar surface area (TPSA) is 63.3 Å². The molecular weight excluding hydrogens is 292 g/mol. The fourth-order valence-electron chi connectivity index (χ4n) is 3.98. The fraction of sp³-hybridized carbons (Fsp3) is 0.529. The number of nitrogens with one attached hydrogen (secondary N) is 1. The first-order chi connectivity index (χ1) is 11.0. The first-order valence-corrected chi connectivity index (χ1v) is 8.17. The van der Waals surface area contributed by atoms with E-state index in [1.807, 2.05) is 42.4 Å². The van der Waals surface area contributed by atoms with Gasteiger partial charge in [-0.25, -0.2) is 0 Å². The van der Waals surface area contributed by atoms with Crippen molar-refractivity contribution in [3.8, 4) is 5.82 Å². The molecule has 0 aromatic carbocycles. The van der Waals surface area contributed by atoms with E-state index in [2.05, 4.69) is 10.5 Å². The summed E-state index contributed by atoms with van der Waals surface area (Å²) in [5.74, 6) is 2.86. The molecule has 122 valence electrons. The molecule has 0 saturated carbocycles. The number of hydrogen-bond donors (Lipinski definition) is 1. The smallest absolute Gasteiger partial charge is 0.255 e. The Morgan fingerprint density at radius 3 is 2.52 bits per heavy atom. The zero-order valence-electron chi connectivity index (χ0n) is 13.8. The van der Waals surface area contributed by atoms with Crippen LogP contribution in [0, 0.1) is 32.6 Å². The molecule has 1 amide bonds. The Labute approximate surface area is 135 Å². The van der Waals surface area contributed by atoms with Crippen LogP contribution in [0.2, 0.25) is 0 Å². The van der Waals surface area contributed by atoms with Gasteiger partial charge in [0.1, 0.15) is 5.76 Å². The van der Waals surface area contributed by atoms with Crippen LogP contribution >= 0.6 is 0 Å². The van der Waals surface area contributed by atoms with E-state index in [9.17, 15) is 4.79 Å². The number of amides is 1. The van der Waals surface area contributed by atoms with Gasteiger partial charge in [-0.3, -0.25) is 9.36 Å². The molecule has 4 heterocycles. The monoisotopic (exact) mass is 314 g/mol. The lowest BCUT2D eigenvalue weighted by molar-refractivity contribution is 0.0781. The SMILES string of the molecule is Cc1cc(-n2c(C)cc(C(=O)N3C[C@H]4CNC[C@H]4C3)c2C)no1. The molecule has 0 aliphatic carbocycles. The van der Waals surface area contributed by atoms with Crippen molar-refractivity contribution in [3.63, 3.8) is 0 Å². The molecule has 6 nitrogen and oxygen atoms in total. The molecule has 0 spiro atoms. The molecule has 2 aromatic rings. The number of carbonyl (C=O) groups is 1. The second-order valence-corrected chi connectivity index (χ2v) is 6.80. The highest BCUT2D eigenvalue weighted by molar-refractivity contribution is 5.96.